The summed E-state index contributed by atoms with van der Waals surface area (Å²) in [5, 5.41) is 2.09. The van der Waals surface area contributed by atoms with Crippen LogP contribution in [0.15, 0.2) is 41.2 Å². The molecule has 1 aromatic heterocycles. The summed E-state index contributed by atoms with van der Waals surface area (Å²) < 4.78 is 63.6. The Morgan fingerprint density at radius 1 is 1.22 bits per heavy atom. The number of carbonyl (C=O) groups excluding carboxylic acids is 1. The predicted octanol–water partition coefficient (Wildman–Crippen LogP) is 3.79. The standard InChI is InChI=1S/C15H7F4NO3/c16-10-1-2-12-11(7-10)14(15(17,18)19,23-13(21)20-12)5-3-9-4-6-22-8-9/h1-2,4,6-8H,(H,20,21)/t14-/m0/s1. The molecule has 3 rings (SSSR count). The van der Waals surface area contributed by atoms with Gasteiger partial charge in [-0.05, 0) is 30.2 Å². The van der Waals surface area contributed by atoms with Crippen LogP contribution in [-0.2, 0) is 10.3 Å². The molecule has 1 aliphatic heterocycles. The molecule has 1 N–H and O–H groups in total. The second-order valence-corrected chi connectivity index (χ2v) is 4.65. The maximum absolute atomic E-state index is 13.7. The van der Waals surface area contributed by atoms with E-state index in [1.54, 1.807) is 0 Å². The van der Waals surface area contributed by atoms with Crippen LogP contribution >= 0.6 is 0 Å². The first kappa shape index (κ1) is 15.0. The summed E-state index contributed by atoms with van der Waals surface area (Å²) in [5.74, 6) is 3.22. The van der Waals surface area contributed by atoms with Gasteiger partial charge in [-0.2, -0.15) is 13.2 Å². The van der Waals surface area contributed by atoms with Crippen molar-refractivity contribution in [2.24, 2.45) is 0 Å². The molecule has 23 heavy (non-hydrogen) atoms. The van der Waals surface area contributed by atoms with Crippen LogP contribution in [0.25, 0.3) is 0 Å². The number of halogens is 4. The number of hydrogen-bond donors (Lipinski definition) is 1. The summed E-state index contributed by atoms with van der Waals surface area (Å²) in [7, 11) is 0. The highest BCUT2D eigenvalue weighted by Crippen LogP contribution is 2.47. The van der Waals surface area contributed by atoms with E-state index in [1.807, 2.05) is 5.92 Å². The van der Waals surface area contributed by atoms with E-state index in [0.717, 1.165) is 18.4 Å². The summed E-state index contributed by atoms with van der Waals surface area (Å²) in [5.41, 5.74) is -3.97. The third-order valence-electron chi connectivity index (χ3n) is 3.15. The molecule has 1 aromatic carbocycles. The van der Waals surface area contributed by atoms with Crippen molar-refractivity contribution in [3.05, 3.63) is 53.7 Å². The molecule has 1 amide bonds. The van der Waals surface area contributed by atoms with Gasteiger partial charge in [-0.15, -0.1) is 0 Å². The number of amides is 1. The minimum absolute atomic E-state index is 0.154. The van der Waals surface area contributed by atoms with Crippen molar-refractivity contribution in [1.29, 1.82) is 0 Å². The largest absolute Gasteiger partial charge is 0.471 e. The second kappa shape index (κ2) is 5.05. The topological polar surface area (TPSA) is 51.5 Å². The Bertz CT molecular complexity index is 817. The maximum atomic E-state index is 13.7. The van der Waals surface area contributed by atoms with Gasteiger partial charge in [0.25, 0.3) is 5.60 Å². The van der Waals surface area contributed by atoms with E-state index in [4.69, 9.17) is 4.42 Å². The van der Waals surface area contributed by atoms with Crippen molar-refractivity contribution in [3.8, 4) is 11.8 Å². The second-order valence-electron chi connectivity index (χ2n) is 4.65. The van der Waals surface area contributed by atoms with E-state index < -0.39 is 29.3 Å². The molecule has 2 heterocycles. The Hall–Kier alpha value is -2.95. The zero-order chi connectivity index (χ0) is 16.7. The summed E-state index contributed by atoms with van der Waals surface area (Å²) in [6, 6.07) is 3.92. The lowest BCUT2D eigenvalue weighted by molar-refractivity contribution is -0.239. The predicted molar refractivity (Wildman–Crippen MR) is 69.8 cm³/mol. The fourth-order valence-corrected chi connectivity index (χ4v) is 2.12. The fraction of sp³-hybridized carbons (Fsp3) is 0.133. The van der Waals surface area contributed by atoms with Crippen LogP contribution in [0, 0.1) is 17.7 Å². The molecule has 0 unspecified atom stereocenters. The summed E-state index contributed by atoms with van der Waals surface area (Å²) in [4.78, 5) is 11.5. The smallest absolute Gasteiger partial charge is 0.445 e. The van der Waals surface area contributed by atoms with Crippen LogP contribution in [0.5, 0.6) is 0 Å². The first-order valence-corrected chi connectivity index (χ1v) is 6.24. The van der Waals surface area contributed by atoms with Gasteiger partial charge in [0.2, 0.25) is 0 Å². The van der Waals surface area contributed by atoms with E-state index in [2.05, 4.69) is 16.0 Å². The molecule has 0 aliphatic carbocycles. The van der Waals surface area contributed by atoms with Gasteiger partial charge >= 0.3 is 12.3 Å². The number of rotatable bonds is 0. The van der Waals surface area contributed by atoms with Crippen LogP contribution in [0.3, 0.4) is 0 Å². The molecule has 2 aromatic rings. The van der Waals surface area contributed by atoms with E-state index in [9.17, 15) is 22.4 Å². The number of hydrogen-bond acceptors (Lipinski definition) is 3. The van der Waals surface area contributed by atoms with Crippen molar-refractivity contribution in [2.75, 3.05) is 5.32 Å². The summed E-state index contributed by atoms with van der Waals surface area (Å²) in [6.07, 6.45) is -4.05. The number of alkyl halides is 3. The van der Waals surface area contributed by atoms with Gasteiger partial charge in [-0.1, -0.05) is 5.92 Å². The molecule has 8 heteroatoms. The number of anilines is 1. The highest BCUT2D eigenvalue weighted by Gasteiger charge is 2.62. The lowest BCUT2D eigenvalue weighted by atomic mass is 9.90. The molecule has 118 valence electrons. The Labute approximate surface area is 127 Å². The summed E-state index contributed by atoms with van der Waals surface area (Å²) >= 11 is 0. The van der Waals surface area contributed by atoms with Crippen LogP contribution in [-0.4, -0.2) is 12.3 Å². The number of carbonyl (C=O) groups is 1. The number of cyclic esters (lactones) is 1. The molecule has 0 fully saturated rings. The average Bonchev–Trinajstić information content (AvgIpc) is 2.97. The number of furan rings is 1. The number of fused-ring (bicyclic) bond motifs is 1. The fourth-order valence-electron chi connectivity index (χ4n) is 2.12. The zero-order valence-corrected chi connectivity index (χ0v) is 11.2. The number of ether oxygens (including phenoxy) is 1. The van der Waals surface area contributed by atoms with E-state index in [1.165, 1.54) is 12.3 Å². The minimum atomic E-state index is -5.08. The first-order valence-electron chi connectivity index (χ1n) is 6.24. The molecule has 0 saturated carbocycles. The van der Waals surface area contributed by atoms with Crippen LogP contribution in [0.2, 0.25) is 0 Å². The number of benzene rings is 1. The minimum Gasteiger partial charge on any atom is -0.471 e. The van der Waals surface area contributed by atoms with E-state index in [0.29, 0.717) is 6.07 Å². The third kappa shape index (κ3) is 2.50. The summed E-state index contributed by atoms with van der Waals surface area (Å²) in [6.45, 7) is 0. The van der Waals surface area contributed by atoms with Gasteiger partial charge in [0.1, 0.15) is 12.1 Å². The van der Waals surface area contributed by atoms with Gasteiger partial charge in [-0.25, -0.2) is 9.18 Å². The van der Waals surface area contributed by atoms with E-state index in [-0.39, 0.29) is 11.3 Å². The van der Waals surface area contributed by atoms with Crippen LogP contribution in [0.1, 0.15) is 11.1 Å². The lowest BCUT2D eigenvalue weighted by Gasteiger charge is -2.35. The Balaban J connectivity index is 2.25. The Morgan fingerprint density at radius 3 is 2.65 bits per heavy atom. The molecule has 1 atom stereocenters. The quantitative estimate of drug-likeness (QED) is 0.592. The lowest BCUT2D eigenvalue weighted by Crippen LogP contribution is -2.49. The number of nitrogens with one attached hydrogen (secondary N) is 1. The zero-order valence-electron chi connectivity index (χ0n) is 11.2. The average molecular weight is 325 g/mol. The molecule has 1 aliphatic rings. The first-order chi connectivity index (χ1) is 10.8. The SMILES string of the molecule is O=C1Nc2ccc(F)cc2[C@@](C#Cc2ccoc2)(C(F)(F)F)O1. The highest BCUT2D eigenvalue weighted by atomic mass is 19.4. The van der Waals surface area contributed by atoms with Crippen LogP contribution in [0.4, 0.5) is 28.0 Å². The van der Waals surface area contributed by atoms with Gasteiger partial charge in [0.05, 0.1) is 17.5 Å². The molecule has 0 saturated heterocycles. The van der Waals surface area contributed by atoms with Crippen molar-refractivity contribution in [2.45, 2.75) is 11.8 Å². The van der Waals surface area contributed by atoms with Crippen LogP contribution < -0.4 is 5.32 Å². The molecular weight excluding hydrogens is 318 g/mol. The van der Waals surface area contributed by atoms with Crippen molar-refractivity contribution < 1.29 is 31.5 Å². The Kier molecular flexibility index (Phi) is 3.29. The Morgan fingerprint density at radius 2 is 2.00 bits per heavy atom. The maximum Gasteiger partial charge on any atom is 0.445 e. The molecule has 0 radical (unpaired) electrons. The molecule has 0 spiro atoms. The monoisotopic (exact) mass is 325 g/mol. The normalized spacial score (nSPS) is 19.9. The van der Waals surface area contributed by atoms with Crippen molar-refractivity contribution in [1.82, 2.24) is 0 Å². The molecule has 4 nitrogen and oxygen atoms in total. The molecular formula is C15H7F4NO3. The van der Waals surface area contributed by atoms with Crippen molar-refractivity contribution >= 4 is 11.8 Å². The van der Waals surface area contributed by atoms with E-state index >= 15 is 0 Å². The van der Waals surface area contributed by atoms with Gasteiger partial charge in [-0.3, -0.25) is 5.32 Å². The van der Waals surface area contributed by atoms with Gasteiger partial charge < -0.3 is 9.15 Å². The molecule has 0 bridgehead atoms. The third-order valence-corrected chi connectivity index (χ3v) is 3.15. The van der Waals surface area contributed by atoms with Crippen molar-refractivity contribution in [3.63, 3.8) is 0 Å². The highest BCUT2D eigenvalue weighted by molar-refractivity contribution is 5.89. The van der Waals surface area contributed by atoms with Gasteiger partial charge in [0, 0.05) is 5.56 Å². The van der Waals surface area contributed by atoms with Gasteiger partial charge in [0.15, 0.2) is 0 Å².